The van der Waals surface area contributed by atoms with Crippen LogP contribution in [0.15, 0.2) is 54.6 Å². The van der Waals surface area contributed by atoms with E-state index in [9.17, 15) is 29.3 Å². The molecule has 2 aromatic carbocycles. The van der Waals surface area contributed by atoms with Crippen molar-refractivity contribution in [2.24, 2.45) is 5.92 Å². The molecule has 4 atom stereocenters. The molecule has 1 unspecified atom stereocenters. The van der Waals surface area contributed by atoms with Crippen LogP contribution in [0, 0.1) is 5.92 Å². The molecule has 0 bridgehead atoms. The molecule has 0 radical (unpaired) electrons. The number of benzene rings is 2. The summed E-state index contributed by atoms with van der Waals surface area (Å²) in [5.74, 6) is -3.39. The lowest BCUT2D eigenvalue weighted by Crippen LogP contribution is -3.00. The van der Waals surface area contributed by atoms with Gasteiger partial charge < -0.3 is 43.1 Å². The summed E-state index contributed by atoms with van der Waals surface area (Å²) in [6.07, 6.45) is -0.0681. The molecule has 2 aromatic rings. The minimum absolute atomic E-state index is 0. The molecule has 2 rings (SSSR count). The van der Waals surface area contributed by atoms with Gasteiger partial charge in [0.1, 0.15) is 11.8 Å². The molecule has 0 aliphatic heterocycles. The Kier molecular flexibility index (Phi) is 10.4. The van der Waals surface area contributed by atoms with Gasteiger partial charge in [0.05, 0.1) is 5.92 Å². The van der Waals surface area contributed by atoms with Gasteiger partial charge in [-0.05, 0) is 36.6 Å². The number of carboxylic acid groups (broad SMARTS) is 1. The van der Waals surface area contributed by atoms with Gasteiger partial charge in [-0.3, -0.25) is 9.36 Å². The van der Waals surface area contributed by atoms with E-state index >= 15 is 0 Å². The highest BCUT2D eigenvalue weighted by Gasteiger charge is 2.35. The van der Waals surface area contributed by atoms with E-state index in [2.05, 4.69) is 11.1 Å². The van der Waals surface area contributed by atoms with Crippen molar-refractivity contribution in [3.05, 3.63) is 65.7 Å². The van der Waals surface area contributed by atoms with Crippen LogP contribution in [0.3, 0.4) is 0 Å². The number of quaternary nitrogens is 1. The first-order valence-electron chi connectivity index (χ1n) is 9.58. The minimum Gasteiger partial charge on any atom is -1.00 e. The molecule has 0 aliphatic carbocycles. The highest BCUT2D eigenvalue weighted by molar-refractivity contribution is 7.58. The Balaban J connectivity index is 0.00000480. The molecule has 0 saturated heterocycles. The largest absolute Gasteiger partial charge is 1.00 e. The predicted octanol–water partition coefficient (Wildman–Crippen LogP) is -1.77. The van der Waals surface area contributed by atoms with Crippen LogP contribution in [-0.4, -0.2) is 45.0 Å². The lowest BCUT2D eigenvalue weighted by molar-refractivity contribution is -0.385. The number of phenolic OH excluding ortho intramolecular Hbond substituents is 1. The zero-order chi connectivity index (χ0) is 22.3. The third kappa shape index (κ3) is 8.45. The summed E-state index contributed by atoms with van der Waals surface area (Å²) in [6.45, 7) is 1.52. The minimum atomic E-state index is -3.70. The molecule has 0 spiro atoms. The van der Waals surface area contributed by atoms with Crippen molar-refractivity contribution in [1.29, 1.82) is 0 Å². The van der Waals surface area contributed by atoms with Crippen molar-refractivity contribution in [2.75, 3.05) is 6.16 Å². The van der Waals surface area contributed by atoms with Gasteiger partial charge in [0, 0.05) is 12.6 Å². The van der Waals surface area contributed by atoms with Crippen molar-refractivity contribution in [1.82, 2.24) is 5.32 Å². The average molecular weight is 515 g/mol. The van der Waals surface area contributed by atoms with Gasteiger partial charge in [-0.2, -0.15) is 0 Å². The van der Waals surface area contributed by atoms with E-state index in [4.69, 9.17) is 0 Å². The van der Waals surface area contributed by atoms with Gasteiger partial charge in [-0.25, -0.2) is 4.79 Å². The van der Waals surface area contributed by atoms with E-state index in [1.807, 2.05) is 6.07 Å². The number of phenols is 1. The van der Waals surface area contributed by atoms with E-state index in [1.54, 1.807) is 36.4 Å². The number of amides is 1. The van der Waals surface area contributed by atoms with Crippen LogP contribution in [0.1, 0.15) is 18.1 Å². The van der Waals surface area contributed by atoms with E-state index in [0.29, 0.717) is 5.56 Å². The van der Waals surface area contributed by atoms with E-state index in [-0.39, 0.29) is 41.7 Å². The maximum atomic E-state index is 12.9. The Bertz CT molecular complexity index is 908. The molecule has 0 saturated carbocycles. The fourth-order valence-corrected chi connectivity index (χ4v) is 4.28. The first kappa shape index (κ1) is 26.8. The first-order chi connectivity index (χ1) is 14.1. The molecule has 170 valence electrons. The summed E-state index contributed by atoms with van der Waals surface area (Å²) in [5, 5.41) is 21.4. The maximum Gasteiger partial charge on any atom is 0.326 e. The zero-order valence-corrected chi connectivity index (χ0v) is 19.6. The summed E-state index contributed by atoms with van der Waals surface area (Å²) >= 11 is 0. The number of carboxylic acids is 1. The van der Waals surface area contributed by atoms with Gasteiger partial charge in [0.25, 0.3) is 7.37 Å². The van der Waals surface area contributed by atoms with Gasteiger partial charge >= 0.3 is 5.97 Å². The number of nitrogens with one attached hydrogen (secondary N) is 1. The zero-order valence-electron chi connectivity index (χ0n) is 17.1. The number of hydrogen-bond donors (Lipinski definition) is 5. The third-order valence-electron chi connectivity index (χ3n) is 4.86. The first-order valence-corrected chi connectivity index (χ1v) is 11.5. The summed E-state index contributed by atoms with van der Waals surface area (Å²) < 4.78 is 12.5. The molecule has 0 heterocycles. The molecule has 7 N–H and O–H groups in total. The van der Waals surface area contributed by atoms with Crippen molar-refractivity contribution in [3.63, 3.8) is 0 Å². The quantitative estimate of drug-likeness (QED) is 0.236. The summed E-state index contributed by atoms with van der Waals surface area (Å²) in [7, 11) is -3.70. The number of halogens is 1. The summed E-state index contributed by atoms with van der Waals surface area (Å²) in [6, 6.07) is 13.9. The Hall–Kier alpha value is -2.19. The number of rotatable bonds is 10. The molecular formula is C21H28BrN2O6P. The summed E-state index contributed by atoms with van der Waals surface area (Å²) in [5.41, 5.74) is 5.05. The van der Waals surface area contributed by atoms with Crippen LogP contribution in [0.2, 0.25) is 0 Å². The normalized spacial score (nSPS) is 15.6. The number of aliphatic carboxylic acids is 1. The third-order valence-corrected chi connectivity index (χ3v) is 7.20. The van der Waals surface area contributed by atoms with Crippen LogP contribution >= 0.6 is 7.37 Å². The van der Waals surface area contributed by atoms with Crippen molar-refractivity contribution in [3.8, 4) is 5.75 Å². The van der Waals surface area contributed by atoms with Crippen molar-refractivity contribution in [2.45, 2.75) is 31.6 Å². The maximum absolute atomic E-state index is 12.9. The van der Waals surface area contributed by atoms with Crippen LogP contribution in [-0.2, 0) is 27.0 Å². The predicted molar refractivity (Wildman–Crippen MR) is 112 cm³/mol. The Morgan fingerprint density at radius 1 is 1.03 bits per heavy atom. The molecule has 0 aliphatic rings. The highest BCUT2D eigenvalue weighted by atomic mass is 79.9. The summed E-state index contributed by atoms with van der Waals surface area (Å²) in [4.78, 5) is 34.9. The van der Waals surface area contributed by atoms with Crippen LogP contribution in [0.4, 0.5) is 0 Å². The van der Waals surface area contributed by atoms with Gasteiger partial charge in [0.2, 0.25) is 5.91 Å². The van der Waals surface area contributed by atoms with E-state index < -0.39 is 37.0 Å². The standard InChI is InChI=1S/C21H27N2O6P.BrH/c1-14(22)30(28,29)13-17(11-15-5-3-2-4-6-15)20(25)23-19(21(26)27)12-16-7-9-18(24)10-8-16;/h2-10,14,17,19,24H,11-13,22H2,1H3,(H,23,25)(H,26,27)(H,28,29);1H/t14-,17-,19+;/m1./s1. The van der Waals surface area contributed by atoms with Crippen LogP contribution in [0.5, 0.6) is 5.75 Å². The number of hydrogen-bond acceptors (Lipinski definition) is 4. The van der Waals surface area contributed by atoms with E-state index in [1.165, 1.54) is 19.1 Å². The number of carbonyl (C=O) groups excluding carboxylic acids is 1. The van der Waals surface area contributed by atoms with Crippen molar-refractivity contribution >= 4 is 19.2 Å². The fraction of sp³-hybridized carbons (Fsp3) is 0.333. The molecule has 8 nitrogen and oxygen atoms in total. The van der Waals surface area contributed by atoms with Crippen LogP contribution in [0.25, 0.3) is 0 Å². The van der Waals surface area contributed by atoms with Gasteiger partial charge in [-0.15, -0.1) is 0 Å². The van der Waals surface area contributed by atoms with Crippen molar-refractivity contribution < 1.29 is 52.0 Å². The lowest BCUT2D eigenvalue weighted by atomic mass is 9.99. The molecule has 10 heteroatoms. The van der Waals surface area contributed by atoms with Gasteiger partial charge in [-0.1, -0.05) is 42.5 Å². The Morgan fingerprint density at radius 2 is 1.58 bits per heavy atom. The monoisotopic (exact) mass is 514 g/mol. The molecular weight excluding hydrogens is 487 g/mol. The fourth-order valence-electron chi connectivity index (χ4n) is 2.99. The SMILES string of the molecule is C[C@H]([NH3+])P(=O)(O)C[C@@H](Cc1ccccc1)C(=O)N[C@@H](Cc1ccc(O)cc1)C(=O)O.[Br-]. The van der Waals surface area contributed by atoms with E-state index in [0.717, 1.165) is 5.56 Å². The molecule has 1 amide bonds. The Morgan fingerprint density at radius 3 is 2.10 bits per heavy atom. The topological polar surface area (TPSA) is 152 Å². The highest BCUT2D eigenvalue weighted by Crippen LogP contribution is 2.45. The second-order valence-corrected chi connectivity index (χ2v) is 10.2. The second-order valence-electron chi connectivity index (χ2n) is 7.44. The second kappa shape index (κ2) is 12.0. The Labute approximate surface area is 191 Å². The molecule has 0 aromatic heterocycles. The van der Waals surface area contributed by atoms with Crippen LogP contribution < -0.4 is 28.0 Å². The lowest BCUT2D eigenvalue weighted by Gasteiger charge is -2.23. The molecule has 31 heavy (non-hydrogen) atoms. The average Bonchev–Trinajstić information content (AvgIpc) is 2.69. The molecule has 0 fully saturated rings. The number of aromatic hydroxyl groups is 1. The smallest absolute Gasteiger partial charge is 0.326 e. The van der Waals surface area contributed by atoms with Gasteiger partial charge in [0.15, 0.2) is 5.78 Å². The number of carbonyl (C=O) groups is 2.